The topological polar surface area (TPSA) is 52.6 Å². The van der Waals surface area contributed by atoms with Gasteiger partial charge in [-0.25, -0.2) is 4.79 Å². The number of aryl methyl sites for hydroxylation is 2. The van der Waals surface area contributed by atoms with Gasteiger partial charge in [0, 0.05) is 24.5 Å². The Balaban J connectivity index is 1.31. The monoisotopic (exact) mass is 414 g/mol. The molecule has 3 aromatic carbocycles. The number of anilines is 3. The van der Waals surface area contributed by atoms with Gasteiger partial charge in [0.05, 0.1) is 11.3 Å². The molecule has 4 nitrogen and oxygen atoms in total. The number of hydrogen-bond donors (Lipinski definition) is 2. The van der Waals surface area contributed by atoms with Crippen LogP contribution in [0.3, 0.4) is 0 Å². The molecule has 0 aromatic heterocycles. The predicted molar refractivity (Wildman–Crippen MR) is 128 cm³/mol. The highest BCUT2D eigenvalue weighted by atomic mass is 16.4. The van der Waals surface area contributed by atoms with Crippen LogP contribution in [0.2, 0.25) is 0 Å². The quantitative estimate of drug-likeness (QED) is 0.454. The molecule has 0 amide bonds. The minimum Gasteiger partial charge on any atom is -0.478 e. The van der Waals surface area contributed by atoms with Crippen molar-refractivity contribution in [3.05, 3.63) is 89.5 Å². The van der Waals surface area contributed by atoms with E-state index in [-0.39, 0.29) is 5.56 Å². The number of hydrogen-bond acceptors (Lipinski definition) is 3. The summed E-state index contributed by atoms with van der Waals surface area (Å²) in [5, 5.41) is 12.5. The highest BCUT2D eigenvalue weighted by Crippen LogP contribution is 2.23. The van der Waals surface area contributed by atoms with Gasteiger partial charge in [0.2, 0.25) is 0 Å². The van der Waals surface area contributed by atoms with Crippen LogP contribution in [0.25, 0.3) is 0 Å². The number of carboxylic acid groups (broad SMARTS) is 1. The van der Waals surface area contributed by atoms with E-state index < -0.39 is 5.97 Å². The van der Waals surface area contributed by atoms with E-state index >= 15 is 0 Å². The van der Waals surface area contributed by atoms with Gasteiger partial charge in [-0.05, 0) is 86.1 Å². The van der Waals surface area contributed by atoms with E-state index in [0.717, 1.165) is 24.9 Å². The summed E-state index contributed by atoms with van der Waals surface area (Å²) in [6.07, 6.45) is 7.18. The zero-order chi connectivity index (χ0) is 21.5. The first-order valence-corrected chi connectivity index (χ1v) is 11.2. The zero-order valence-corrected chi connectivity index (χ0v) is 17.9. The maximum Gasteiger partial charge on any atom is 0.337 e. The summed E-state index contributed by atoms with van der Waals surface area (Å²) in [6.45, 7) is 2.36. The van der Waals surface area contributed by atoms with Crippen molar-refractivity contribution in [2.45, 2.75) is 38.5 Å². The van der Waals surface area contributed by atoms with Gasteiger partial charge >= 0.3 is 5.97 Å². The van der Waals surface area contributed by atoms with Crippen LogP contribution < -0.4 is 10.2 Å². The van der Waals surface area contributed by atoms with Crippen molar-refractivity contribution in [1.29, 1.82) is 0 Å². The number of para-hydroxylation sites is 1. The molecule has 4 heteroatoms. The fourth-order valence-corrected chi connectivity index (χ4v) is 4.25. The van der Waals surface area contributed by atoms with Gasteiger partial charge in [0.15, 0.2) is 0 Å². The van der Waals surface area contributed by atoms with Gasteiger partial charge in [-0.2, -0.15) is 0 Å². The van der Waals surface area contributed by atoms with Crippen LogP contribution in [-0.2, 0) is 12.8 Å². The van der Waals surface area contributed by atoms with Crippen molar-refractivity contribution in [3.8, 4) is 0 Å². The van der Waals surface area contributed by atoms with Crippen LogP contribution in [0.15, 0.2) is 72.8 Å². The number of nitrogens with zero attached hydrogens (tertiary/aromatic N) is 1. The Morgan fingerprint density at radius 2 is 1.58 bits per heavy atom. The van der Waals surface area contributed by atoms with Crippen molar-refractivity contribution in [3.63, 3.8) is 0 Å². The molecular weight excluding hydrogens is 384 g/mol. The third-order valence-corrected chi connectivity index (χ3v) is 5.95. The predicted octanol–water partition coefficient (Wildman–Crippen LogP) is 6.29. The summed E-state index contributed by atoms with van der Waals surface area (Å²) < 4.78 is 0. The molecule has 0 atom stereocenters. The van der Waals surface area contributed by atoms with E-state index in [4.69, 9.17) is 0 Å². The van der Waals surface area contributed by atoms with Crippen LogP contribution in [-0.4, -0.2) is 24.2 Å². The fraction of sp³-hybridized carbons (Fsp3) is 0.296. The lowest BCUT2D eigenvalue weighted by molar-refractivity contribution is 0.0698. The number of carboxylic acids is 1. The Labute approximate surface area is 184 Å². The molecule has 0 aliphatic carbocycles. The lowest BCUT2D eigenvalue weighted by Gasteiger charge is -2.29. The van der Waals surface area contributed by atoms with Gasteiger partial charge in [-0.3, -0.25) is 0 Å². The summed E-state index contributed by atoms with van der Waals surface area (Å²) >= 11 is 0. The Morgan fingerprint density at radius 1 is 0.839 bits per heavy atom. The SMILES string of the molecule is O=C(O)c1ccccc1Nc1ccc(CCCc2cccc(N3CCCCC3)c2)cc1. The summed E-state index contributed by atoms with van der Waals surface area (Å²) in [6, 6.07) is 24.3. The van der Waals surface area contributed by atoms with Crippen LogP contribution in [0.5, 0.6) is 0 Å². The molecule has 4 rings (SSSR count). The average molecular weight is 415 g/mol. The van der Waals surface area contributed by atoms with Crippen LogP contribution >= 0.6 is 0 Å². The van der Waals surface area contributed by atoms with E-state index in [1.807, 2.05) is 18.2 Å². The summed E-state index contributed by atoms with van der Waals surface area (Å²) in [5.74, 6) is -0.927. The van der Waals surface area contributed by atoms with Crippen molar-refractivity contribution in [1.82, 2.24) is 0 Å². The molecule has 1 saturated heterocycles. The van der Waals surface area contributed by atoms with Gasteiger partial charge in [-0.15, -0.1) is 0 Å². The first-order valence-electron chi connectivity index (χ1n) is 11.2. The average Bonchev–Trinajstić information content (AvgIpc) is 2.81. The minimum atomic E-state index is -0.927. The lowest BCUT2D eigenvalue weighted by Crippen LogP contribution is -2.29. The van der Waals surface area contributed by atoms with Crippen LogP contribution in [0.1, 0.15) is 47.2 Å². The maximum absolute atomic E-state index is 11.4. The van der Waals surface area contributed by atoms with E-state index in [1.165, 1.54) is 49.2 Å². The molecule has 0 bridgehead atoms. The number of piperidine rings is 1. The molecule has 0 unspecified atom stereocenters. The molecule has 0 saturated carbocycles. The Bertz CT molecular complexity index is 1010. The molecule has 1 heterocycles. The van der Waals surface area contributed by atoms with Crippen molar-refractivity contribution < 1.29 is 9.90 Å². The molecule has 1 aliphatic heterocycles. The number of benzene rings is 3. The normalized spacial score (nSPS) is 13.7. The third-order valence-electron chi connectivity index (χ3n) is 5.95. The minimum absolute atomic E-state index is 0.276. The number of carbonyl (C=O) groups is 1. The van der Waals surface area contributed by atoms with E-state index in [2.05, 4.69) is 46.6 Å². The number of nitrogens with one attached hydrogen (secondary N) is 1. The lowest BCUT2D eigenvalue weighted by atomic mass is 10.0. The van der Waals surface area contributed by atoms with Crippen molar-refractivity contribution in [2.24, 2.45) is 0 Å². The van der Waals surface area contributed by atoms with Gasteiger partial charge in [-0.1, -0.05) is 36.4 Å². The molecule has 3 aromatic rings. The maximum atomic E-state index is 11.4. The first kappa shape index (κ1) is 21.0. The molecule has 31 heavy (non-hydrogen) atoms. The highest BCUT2D eigenvalue weighted by molar-refractivity contribution is 5.95. The van der Waals surface area contributed by atoms with E-state index in [1.54, 1.807) is 18.2 Å². The molecule has 160 valence electrons. The standard InChI is InChI=1S/C27H30N2O2/c30-27(31)25-12-2-3-13-26(25)28-23-16-14-21(15-17-23)8-6-9-22-10-7-11-24(20-22)29-18-4-1-5-19-29/h2-3,7,10-17,20,28H,1,4-6,8-9,18-19H2,(H,30,31). The second-order valence-electron chi connectivity index (χ2n) is 8.24. The Kier molecular flexibility index (Phi) is 6.88. The number of rotatable bonds is 8. The van der Waals surface area contributed by atoms with E-state index in [9.17, 15) is 9.90 Å². The highest BCUT2D eigenvalue weighted by Gasteiger charge is 2.11. The second kappa shape index (κ2) is 10.2. The molecule has 1 aliphatic rings. The fourth-order valence-electron chi connectivity index (χ4n) is 4.25. The Hall–Kier alpha value is -3.27. The molecule has 1 fully saturated rings. The van der Waals surface area contributed by atoms with Gasteiger partial charge in [0.25, 0.3) is 0 Å². The largest absolute Gasteiger partial charge is 0.478 e. The summed E-state index contributed by atoms with van der Waals surface area (Å²) in [5.41, 5.74) is 5.85. The third kappa shape index (κ3) is 5.66. The zero-order valence-electron chi connectivity index (χ0n) is 17.9. The molecular formula is C27H30N2O2. The summed E-state index contributed by atoms with van der Waals surface area (Å²) in [4.78, 5) is 13.9. The van der Waals surface area contributed by atoms with E-state index in [0.29, 0.717) is 5.69 Å². The van der Waals surface area contributed by atoms with Crippen molar-refractivity contribution >= 4 is 23.0 Å². The van der Waals surface area contributed by atoms with Gasteiger partial charge < -0.3 is 15.3 Å². The molecule has 2 N–H and O–H groups in total. The van der Waals surface area contributed by atoms with Crippen LogP contribution in [0, 0.1) is 0 Å². The van der Waals surface area contributed by atoms with Gasteiger partial charge in [0.1, 0.15) is 0 Å². The molecule has 0 radical (unpaired) electrons. The smallest absolute Gasteiger partial charge is 0.337 e. The molecule has 0 spiro atoms. The second-order valence-corrected chi connectivity index (χ2v) is 8.24. The van der Waals surface area contributed by atoms with Crippen LogP contribution in [0.4, 0.5) is 17.1 Å². The summed E-state index contributed by atoms with van der Waals surface area (Å²) in [7, 11) is 0. The first-order chi connectivity index (χ1) is 15.2. The van der Waals surface area contributed by atoms with Crippen molar-refractivity contribution in [2.75, 3.05) is 23.3 Å². The Morgan fingerprint density at radius 3 is 2.35 bits per heavy atom. The number of aromatic carboxylic acids is 1.